The van der Waals surface area contributed by atoms with E-state index in [2.05, 4.69) is 10.1 Å². The molecule has 1 aliphatic heterocycles. The number of aliphatic hydroxyl groups excluding tert-OH is 1. The van der Waals surface area contributed by atoms with E-state index in [-0.39, 0.29) is 18.4 Å². The Bertz CT molecular complexity index is 571. The number of piperidine rings is 1. The quantitative estimate of drug-likeness (QED) is 0.775. The summed E-state index contributed by atoms with van der Waals surface area (Å²) in [7, 11) is -3.48. The molecule has 0 spiro atoms. The van der Waals surface area contributed by atoms with Gasteiger partial charge in [0.2, 0.25) is 0 Å². The molecule has 1 aromatic heterocycles. The Kier molecular flexibility index (Phi) is 4.84. The fourth-order valence-corrected chi connectivity index (χ4v) is 2.57. The van der Waals surface area contributed by atoms with Gasteiger partial charge in [-0.15, -0.1) is 0 Å². The van der Waals surface area contributed by atoms with Crippen LogP contribution < -0.4 is 4.90 Å². The highest BCUT2D eigenvalue weighted by molar-refractivity contribution is 7.85. The summed E-state index contributed by atoms with van der Waals surface area (Å²) in [5, 5.41) is 14.0. The van der Waals surface area contributed by atoms with Crippen molar-refractivity contribution in [3.8, 4) is 0 Å². The number of β-amino-alcohol motifs (C(OH)–C–C–N with tert-alkyl or cyclic N) is 1. The van der Waals surface area contributed by atoms with Crippen LogP contribution in [0, 0.1) is 5.92 Å². The smallest absolute Gasteiger partial charge is 0.324 e. The van der Waals surface area contributed by atoms with Crippen LogP contribution in [0.25, 0.3) is 0 Å². The first-order chi connectivity index (χ1) is 9.76. The molecule has 1 aromatic rings. The minimum Gasteiger partial charge on any atom is -0.391 e. The Morgan fingerprint density at radius 2 is 2.24 bits per heavy atom. The van der Waals surface area contributed by atoms with Gasteiger partial charge in [0.25, 0.3) is 10.1 Å². The van der Waals surface area contributed by atoms with Crippen LogP contribution in [-0.4, -0.2) is 55.7 Å². The molecule has 21 heavy (non-hydrogen) atoms. The van der Waals surface area contributed by atoms with E-state index < -0.39 is 16.2 Å². The second-order valence-electron chi connectivity index (χ2n) is 5.64. The maximum absolute atomic E-state index is 11.0. The summed E-state index contributed by atoms with van der Waals surface area (Å²) in [5.41, 5.74) is 0. The van der Waals surface area contributed by atoms with E-state index in [1.807, 2.05) is 13.8 Å². The third-order valence-corrected chi connectivity index (χ3v) is 4.00. The summed E-state index contributed by atoms with van der Waals surface area (Å²) in [6.07, 6.45) is 0.895. The van der Waals surface area contributed by atoms with E-state index in [0.29, 0.717) is 31.3 Å². The number of hydrogen-bond acceptors (Lipinski definition) is 8. The second kappa shape index (κ2) is 6.29. The van der Waals surface area contributed by atoms with E-state index in [1.165, 1.54) is 0 Å². The third kappa shape index (κ3) is 4.39. The SMILES string of the molecule is CC(C)c1noc(N2CC[C@@H](COS(C)(=O)=O)[C@@H](O)C2)n1. The fraction of sp³-hybridized carbons (Fsp3) is 0.833. The predicted molar refractivity (Wildman–Crippen MR) is 75.5 cm³/mol. The van der Waals surface area contributed by atoms with Crippen molar-refractivity contribution >= 4 is 16.1 Å². The van der Waals surface area contributed by atoms with Crippen LogP contribution in [0.15, 0.2) is 4.52 Å². The van der Waals surface area contributed by atoms with Crippen molar-refractivity contribution < 1.29 is 22.2 Å². The van der Waals surface area contributed by atoms with Crippen molar-refractivity contribution in [2.24, 2.45) is 5.92 Å². The maximum Gasteiger partial charge on any atom is 0.324 e. The lowest BCUT2D eigenvalue weighted by Gasteiger charge is -2.34. The van der Waals surface area contributed by atoms with Crippen molar-refractivity contribution in [2.75, 3.05) is 30.9 Å². The van der Waals surface area contributed by atoms with Crippen LogP contribution in [-0.2, 0) is 14.3 Å². The maximum atomic E-state index is 11.0. The Hall–Kier alpha value is -1.19. The van der Waals surface area contributed by atoms with Crippen LogP contribution in [0.3, 0.4) is 0 Å². The molecule has 1 N–H and O–H groups in total. The van der Waals surface area contributed by atoms with Gasteiger partial charge in [0.05, 0.1) is 19.0 Å². The molecule has 1 saturated heterocycles. The van der Waals surface area contributed by atoms with Crippen molar-refractivity contribution in [2.45, 2.75) is 32.3 Å². The molecule has 8 nitrogen and oxygen atoms in total. The van der Waals surface area contributed by atoms with Gasteiger partial charge in [-0.3, -0.25) is 4.18 Å². The summed E-state index contributed by atoms with van der Waals surface area (Å²) < 4.78 is 31.9. The van der Waals surface area contributed by atoms with E-state index in [1.54, 1.807) is 4.90 Å². The molecule has 1 aliphatic rings. The monoisotopic (exact) mass is 319 g/mol. The lowest BCUT2D eigenvalue weighted by Crippen LogP contribution is -2.45. The first-order valence-electron chi connectivity index (χ1n) is 6.87. The number of anilines is 1. The summed E-state index contributed by atoms with van der Waals surface area (Å²) in [6.45, 7) is 4.86. The fourth-order valence-electron chi connectivity index (χ4n) is 2.15. The number of aromatic nitrogens is 2. The topological polar surface area (TPSA) is 106 Å². The largest absolute Gasteiger partial charge is 0.391 e. The first kappa shape index (κ1) is 16.2. The molecule has 2 atom stereocenters. The molecule has 0 unspecified atom stereocenters. The molecule has 0 aliphatic carbocycles. The van der Waals surface area contributed by atoms with Crippen LogP contribution >= 0.6 is 0 Å². The van der Waals surface area contributed by atoms with Crippen LogP contribution in [0.5, 0.6) is 0 Å². The minimum atomic E-state index is -3.48. The van der Waals surface area contributed by atoms with Gasteiger partial charge in [-0.2, -0.15) is 13.4 Å². The van der Waals surface area contributed by atoms with Gasteiger partial charge in [0.1, 0.15) is 0 Å². The zero-order valence-electron chi connectivity index (χ0n) is 12.4. The van der Waals surface area contributed by atoms with E-state index in [4.69, 9.17) is 8.71 Å². The summed E-state index contributed by atoms with van der Waals surface area (Å²) in [5.74, 6) is 0.582. The number of aliphatic hydroxyl groups is 1. The average molecular weight is 319 g/mol. The Morgan fingerprint density at radius 3 is 2.76 bits per heavy atom. The molecule has 0 saturated carbocycles. The lowest BCUT2D eigenvalue weighted by atomic mass is 9.95. The van der Waals surface area contributed by atoms with Gasteiger partial charge in [0, 0.05) is 24.9 Å². The molecule has 2 heterocycles. The van der Waals surface area contributed by atoms with Gasteiger partial charge >= 0.3 is 6.01 Å². The molecular formula is C12H21N3O5S. The van der Waals surface area contributed by atoms with Gasteiger partial charge in [-0.25, -0.2) is 0 Å². The molecule has 0 radical (unpaired) electrons. The van der Waals surface area contributed by atoms with Crippen LogP contribution in [0.1, 0.15) is 32.0 Å². The molecule has 0 amide bonds. The highest BCUT2D eigenvalue weighted by Gasteiger charge is 2.31. The molecule has 0 bridgehead atoms. The highest BCUT2D eigenvalue weighted by Crippen LogP contribution is 2.24. The van der Waals surface area contributed by atoms with Crippen molar-refractivity contribution in [1.82, 2.24) is 10.1 Å². The summed E-state index contributed by atoms with van der Waals surface area (Å²) in [4.78, 5) is 6.09. The van der Waals surface area contributed by atoms with Crippen molar-refractivity contribution in [3.63, 3.8) is 0 Å². The zero-order valence-corrected chi connectivity index (χ0v) is 13.2. The standard InChI is InChI=1S/C12H21N3O5S/c1-8(2)11-13-12(20-14-11)15-5-4-9(10(16)6-15)7-19-21(3,17)18/h8-10,16H,4-7H2,1-3H3/t9-,10-/m0/s1. The average Bonchev–Trinajstić information content (AvgIpc) is 2.85. The van der Waals surface area contributed by atoms with Crippen LogP contribution in [0.4, 0.5) is 6.01 Å². The van der Waals surface area contributed by atoms with Gasteiger partial charge in [-0.1, -0.05) is 19.0 Å². The normalized spacial score (nSPS) is 23.8. The van der Waals surface area contributed by atoms with Gasteiger partial charge < -0.3 is 14.5 Å². The molecule has 0 aromatic carbocycles. The molecular weight excluding hydrogens is 298 g/mol. The molecule has 1 fully saturated rings. The van der Waals surface area contributed by atoms with Crippen molar-refractivity contribution in [1.29, 1.82) is 0 Å². The van der Waals surface area contributed by atoms with Gasteiger partial charge in [-0.05, 0) is 6.42 Å². The van der Waals surface area contributed by atoms with E-state index in [9.17, 15) is 13.5 Å². The van der Waals surface area contributed by atoms with E-state index >= 15 is 0 Å². The Balaban J connectivity index is 1.93. The highest BCUT2D eigenvalue weighted by atomic mass is 32.2. The number of rotatable bonds is 5. The summed E-state index contributed by atoms with van der Waals surface area (Å²) >= 11 is 0. The Morgan fingerprint density at radius 1 is 1.52 bits per heavy atom. The van der Waals surface area contributed by atoms with E-state index in [0.717, 1.165) is 6.26 Å². The van der Waals surface area contributed by atoms with Crippen LogP contribution in [0.2, 0.25) is 0 Å². The number of hydrogen-bond donors (Lipinski definition) is 1. The predicted octanol–water partition coefficient (Wildman–Crippen LogP) is 0.356. The first-order valence-corrected chi connectivity index (χ1v) is 8.69. The number of nitrogens with zero attached hydrogens (tertiary/aromatic N) is 3. The lowest BCUT2D eigenvalue weighted by molar-refractivity contribution is 0.0621. The molecule has 9 heteroatoms. The minimum absolute atomic E-state index is 0.00504. The Labute approximate surface area is 124 Å². The van der Waals surface area contributed by atoms with Crippen molar-refractivity contribution in [3.05, 3.63) is 5.82 Å². The summed E-state index contributed by atoms with van der Waals surface area (Å²) in [6, 6.07) is 0.389. The second-order valence-corrected chi connectivity index (χ2v) is 7.28. The molecule has 2 rings (SSSR count). The van der Waals surface area contributed by atoms with Gasteiger partial charge in [0.15, 0.2) is 5.82 Å². The third-order valence-electron chi connectivity index (χ3n) is 3.44. The molecule has 120 valence electrons. The zero-order chi connectivity index (χ0) is 15.6.